The van der Waals surface area contributed by atoms with Crippen molar-refractivity contribution in [2.75, 3.05) is 0 Å². The van der Waals surface area contributed by atoms with Crippen molar-refractivity contribution in [2.45, 2.75) is 64.0 Å². The molecular weight excluding hydrogens is 402 g/mol. The lowest BCUT2D eigenvalue weighted by Crippen LogP contribution is -2.40. The molecule has 172 valence electrons. The van der Waals surface area contributed by atoms with E-state index < -0.39 is 18.3 Å². The van der Waals surface area contributed by atoms with E-state index in [-0.39, 0.29) is 41.7 Å². The number of carbonyl (C=O) groups is 1. The molecule has 0 aromatic rings. The smallest absolute Gasteiger partial charge is 0.230 e. The van der Waals surface area contributed by atoms with Gasteiger partial charge >= 0.3 is 0 Å². The Balaban J connectivity index is 1.71. The predicted molar refractivity (Wildman–Crippen MR) is 125 cm³/mol. The minimum atomic E-state index is -0.885. The topological polar surface area (TPSA) is 81.0 Å². The average Bonchev–Trinajstić information content (AvgIpc) is 3.23. The maximum Gasteiger partial charge on any atom is 0.230 e. The lowest BCUT2D eigenvalue weighted by atomic mass is 9.73. The number of rotatable bonds is 3. The van der Waals surface area contributed by atoms with E-state index in [1.54, 1.807) is 6.08 Å². The second-order valence-electron chi connectivity index (χ2n) is 9.61. The Hall–Kier alpha value is -2.21. The third-order valence-corrected chi connectivity index (χ3v) is 7.61. The normalized spacial score (nSPS) is 41.6. The number of carbonyl (C=O) groups excluding carboxylic acids is 1. The van der Waals surface area contributed by atoms with Crippen LogP contribution in [0.3, 0.4) is 0 Å². The molecule has 2 saturated heterocycles. The number of amides is 1. The second-order valence-corrected chi connectivity index (χ2v) is 9.61. The predicted octanol–water partition coefficient (Wildman–Crippen LogP) is 3.07. The fraction of sp³-hybridized carbons (Fsp3) is 0.519. The van der Waals surface area contributed by atoms with Gasteiger partial charge in [-0.3, -0.25) is 4.79 Å². The Bertz CT molecular complexity index is 911. The summed E-state index contributed by atoms with van der Waals surface area (Å²) in [6, 6.07) is -0.237. The van der Waals surface area contributed by atoms with Crippen LogP contribution in [-0.2, 0) is 4.79 Å². The van der Waals surface area contributed by atoms with Crippen molar-refractivity contribution < 1.29 is 20.1 Å². The molecule has 5 nitrogen and oxygen atoms in total. The second kappa shape index (κ2) is 9.34. The summed E-state index contributed by atoms with van der Waals surface area (Å²) >= 11 is 0. The maximum absolute atomic E-state index is 13.5. The highest BCUT2D eigenvalue weighted by molar-refractivity contribution is 5.85. The van der Waals surface area contributed by atoms with Crippen LogP contribution >= 0.6 is 0 Å². The van der Waals surface area contributed by atoms with Crippen LogP contribution in [0.1, 0.15) is 33.6 Å². The van der Waals surface area contributed by atoms with Crippen LogP contribution in [0, 0.1) is 23.7 Å². The molecule has 0 bridgehead atoms. The summed E-state index contributed by atoms with van der Waals surface area (Å²) in [5.74, 6) is -0.626. The van der Waals surface area contributed by atoms with Crippen molar-refractivity contribution in [3.8, 4) is 0 Å². The Morgan fingerprint density at radius 3 is 2.59 bits per heavy atom. The van der Waals surface area contributed by atoms with Crippen molar-refractivity contribution in [3.63, 3.8) is 0 Å². The highest BCUT2D eigenvalue weighted by Gasteiger charge is 2.56. The number of aliphatic hydroxyl groups excluding tert-OH is 3. The van der Waals surface area contributed by atoms with Gasteiger partial charge in [-0.2, -0.15) is 0 Å². The van der Waals surface area contributed by atoms with Gasteiger partial charge in [0.1, 0.15) is 0 Å². The van der Waals surface area contributed by atoms with Gasteiger partial charge in [0.15, 0.2) is 0 Å². The van der Waals surface area contributed by atoms with Crippen molar-refractivity contribution in [1.29, 1.82) is 0 Å². The van der Waals surface area contributed by atoms with Crippen LogP contribution in [0.4, 0.5) is 0 Å². The van der Waals surface area contributed by atoms with Gasteiger partial charge in [-0.25, -0.2) is 0 Å². The minimum absolute atomic E-state index is 0.000549. The van der Waals surface area contributed by atoms with Gasteiger partial charge in [0.05, 0.1) is 30.3 Å². The largest absolute Gasteiger partial charge is 0.391 e. The molecular formula is C27H35NO4. The van der Waals surface area contributed by atoms with Crippen LogP contribution in [0.15, 0.2) is 71.9 Å². The van der Waals surface area contributed by atoms with Crippen LogP contribution in [-0.4, -0.2) is 56.5 Å². The molecule has 9 atom stereocenters. The first kappa shape index (κ1) is 23.0. The summed E-state index contributed by atoms with van der Waals surface area (Å²) in [5.41, 5.74) is 2.03. The van der Waals surface area contributed by atoms with Crippen molar-refractivity contribution >= 4 is 5.91 Å². The van der Waals surface area contributed by atoms with Crippen LogP contribution in [0.2, 0.25) is 0 Å². The highest BCUT2D eigenvalue weighted by atomic mass is 16.3. The number of hydrogen-bond donors (Lipinski definition) is 3. The number of nitrogens with zero attached hydrogens (tertiary/aromatic N) is 1. The molecule has 32 heavy (non-hydrogen) atoms. The molecule has 1 amide bonds. The zero-order valence-electron chi connectivity index (χ0n) is 19.1. The van der Waals surface area contributed by atoms with Gasteiger partial charge in [-0.05, 0) is 33.6 Å². The number of fused-ring (bicyclic) bond motifs is 4. The van der Waals surface area contributed by atoms with Crippen LogP contribution in [0.25, 0.3) is 0 Å². The summed E-state index contributed by atoms with van der Waals surface area (Å²) in [4.78, 5) is 15.5. The van der Waals surface area contributed by atoms with Crippen molar-refractivity contribution in [2.24, 2.45) is 23.7 Å². The molecule has 2 fully saturated rings. The van der Waals surface area contributed by atoms with Gasteiger partial charge < -0.3 is 20.2 Å². The molecule has 2 heterocycles. The van der Waals surface area contributed by atoms with Crippen molar-refractivity contribution in [3.05, 3.63) is 71.9 Å². The number of allylic oxidation sites excluding steroid dienone is 7. The van der Waals surface area contributed by atoms with E-state index in [9.17, 15) is 20.1 Å². The number of hydrogen-bond acceptors (Lipinski definition) is 4. The first-order valence-electron chi connectivity index (χ1n) is 11.7. The Morgan fingerprint density at radius 1 is 1.06 bits per heavy atom. The Morgan fingerprint density at radius 2 is 1.84 bits per heavy atom. The average molecular weight is 438 g/mol. The molecule has 0 saturated carbocycles. The fourth-order valence-corrected chi connectivity index (χ4v) is 6.13. The molecule has 0 aromatic carbocycles. The zero-order chi connectivity index (χ0) is 23.0. The summed E-state index contributed by atoms with van der Waals surface area (Å²) < 4.78 is 0. The zero-order valence-corrected chi connectivity index (χ0v) is 19.1. The minimum Gasteiger partial charge on any atom is -0.391 e. The van der Waals surface area contributed by atoms with Gasteiger partial charge in [0, 0.05) is 23.8 Å². The first-order valence-corrected chi connectivity index (χ1v) is 11.7. The van der Waals surface area contributed by atoms with Crippen LogP contribution < -0.4 is 0 Å². The molecule has 0 spiro atoms. The molecule has 0 radical (unpaired) electrons. The Labute approximate surface area is 190 Å². The molecule has 2 aliphatic heterocycles. The van der Waals surface area contributed by atoms with Gasteiger partial charge in [0.2, 0.25) is 5.91 Å². The summed E-state index contributed by atoms with van der Waals surface area (Å²) in [5, 5.41) is 31.8. The van der Waals surface area contributed by atoms with E-state index in [1.165, 1.54) is 0 Å². The van der Waals surface area contributed by atoms with Gasteiger partial charge in [-0.1, -0.05) is 71.9 Å². The standard InChI is InChI=1S/C27H35NO4/c1-4-5-6-7-10-19-15-22(30)25-24-17(3)14-18-12-13-21(29)26(31)23(18)16(2)9-8-11-20(24)27(32)28(19)25/h4-9,11-14,18-26,29-31H,10,15H2,1-3H3. The molecule has 3 N–H and O–H groups in total. The van der Waals surface area contributed by atoms with E-state index in [2.05, 4.69) is 12.2 Å². The molecule has 9 unspecified atom stereocenters. The third-order valence-electron chi connectivity index (χ3n) is 7.61. The number of aliphatic hydroxyl groups is 3. The molecule has 0 aromatic heterocycles. The Kier molecular flexibility index (Phi) is 6.70. The van der Waals surface area contributed by atoms with E-state index in [1.807, 2.05) is 68.2 Å². The maximum atomic E-state index is 13.5. The monoisotopic (exact) mass is 437 g/mol. The fourth-order valence-electron chi connectivity index (χ4n) is 6.13. The first-order chi connectivity index (χ1) is 15.3. The summed E-state index contributed by atoms with van der Waals surface area (Å²) in [6.45, 7) is 5.97. The molecule has 2 aliphatic carbocycles. The van der Waals surface area contributed by atoms with Gasteiger partial charge in [-0.15, -0.1) is 0 Å². The summed E-state index contributed by atoms with van der Waals surface area (Å²) in [6.07, 6.45) is 18.6. The SMILES string of the molecule is CC=CC=CCC1CC(O)C2C3C(C)=CC4C=CC(O)C(O)C4C(C)=CC=CC3C(=O)N12. The third kappa shape index (κ3) is 3.98. The lowest BCUT2D eigenvalue weighted by Gasteiger charge is -2.35. The van der Waals surface area contributed by atoms with E-state index in [0.29, 0.717) is 6.42 Å². The van der Waals surface area contributed by atoms with E-state index in [4.69, 9.17) is 0 Å². The van der Waals surface area contributed by atoms with Crippen molar-refractivity contribution in [1.82, 2.24) is 4.90 Å². The van der Waals surface area contributed by atoms with Crippen LogP contribution in [0.5, 0.6) is 0 Å². The van der Waals surface area contributed by atoms with E-state index in [0.717, 1.165) is 17.6 Å². The lowest BCUT2D eigenvalue weighted by molar-refractivity contribution is -0.132. The summed E-state index contributed by atoms with van der Waals surface area (Å²) in [7, 11) is 0. The highest BCUT2D eigenvalue weighted by Crippen LogP contribution is 2.47. The van der Waals surface area contributed by atoms with E-state index >= 15 is 0 Å². The quantitative estimate of drug-likeness (QED) is 0.468. The molecule has 4 aliphatic rings. The molecule has 4 rings (SSSR count). The van der Waals surface area contributed by atoms with Gasteiger partial charge in [0.25, 0.3) is 0 Å². The molecule has 5 heteroatoms.